The van der Waals surface area contributed by atoms with Crippen molar-refractivity contribution in [2.45, 2.75) is 12.8 Å². The molecule has 1 amide bonds. The van der Waals surface area contributed by atoms with Gasteiger partial charge in [-0.3, -0.25) is 9.89 Å². The van der Waals surface area contributed by atoms with Crippen molar-refractivity contribution in [1.29, 1.82) is 0 Å². The molecule has 0 radical (unpaired) electrons. The maximum Gasteiger partial charge on any atom is 0.222 e. The van der Waals surface area contributed by atoms with Gasteiger partial charge in [-0.15, -0.1) is 0 Å². The molecule has 0 saturated carbocycles. The van der Waals surface area contributed by atoms with Gasteiger partial charge in [0.1, 0.15) is 0 Å². The molecular formula is C10H16N4O. The standard InChI is InChI=1S/C10H16N4O/c11-4-9-3-10(15)14(7-9)2-1-8-5-12-13-6-8/h5-6,9H,1-4,7,11H2,(H,12,13). The number of carbonyl (C=O) groups is 1. The van der Waals surface area contributed by atoms with Crippen LogP contribution in [0.4, 0.5) is 0 Å². The first-order valence-electron chi connectivity index (χ1n) is 5.25. The summed E-state index contributed by atoms with van der Waals surface area (Å²) < 4.78 is 0. The molecule has 1 saturated heterocycles. The summed E-state index contributed by atoms with van der Waals surface area (Å²) >= 11 is 0. The molecule has 0 aliphatic carbocycles. The van der Waals surface area contributed by atoms with Gasteiger partial charge in [-0.05, 0) is 24.4 Å². The predicted molar refractivity (Wildman–Crippen MR) is 56.0 cm³/mol. The van der Waals surface area contributed by atoms with Crippen LogP contribution >= 0.6 is 0 Å². The van der Waals surface area contributed by atoms with E-state index < -0.39 is 0 Å². The van der Waals surface area contributed by atoms with E-state index in [4.69, 9.17) is 5.73 Å². The van der Waals surface area contributed by atoms with Gasteiger partial charge in [0.05, 0.1) is 6.20 Å². The van der Waals surface area contributed by atoms with Crippen LogP contribution in [0.5, 0.6) is 0 Å². The smallest absolute Gasteiger partial charge is 0.222 e. The van der Waals surface area contributed by atoms with Crippen LogP contribution in [-0.2, 0) is 11.2 Å². The monoisotopic (exact) mass is 208 g/mol. The fraction of sp³-hybridized carbons (Fsp3) is 0.600. The van der Waals surface area contributed by atoms with Crippen molar-refractivity contribution < 1.29 is 4.79 Å². The topological polar surface area (TPSA) is 75.0 Å². The third kappa shape index (κ3) is 2.36. The number of hydrogen-bond donors (Lipinski definition) is 2. The highest BCUT2D eigenvalue weighted by molar-refractivity contribution is 5.78. The lowest BCUT2D eigenvalue weighted by molar-refractivity contribution is -0.127. The van der Waals surface area contributed by atoms with Crippen LogP contribution < -0.4 is 5.73 Å². The minimum Gasteiger partial charge on any atom is -0.342 e. The molecule has 1 unspecified atom stereocenters. The lowest BCUT2D eigenvalue weighted by atomic mass is 10.1. The molecule has 0 spiro atoms. The molecule has 1 aliphatic rings. The maximum atomic E-state index is 11.6. The molecular weight excluding hydrogens is 192 g/mol. The molecule has 15 heavy (non-hydrogen) atoms. The van der Waals surface area contributed by atoms with E-state index in [-0.39, 0.29) is 5.91 Å². The van der Waals surface area contributed by atoms with E-state index in [2.05, 4.69) is 10.2 Å². The summed E-state index contributed by atoms with van der Waals surface area (Å²) in [6, 6.07) is 0. The SMILES string of the molecule is NCC1CC(=O)N(CCc2cn[nH]c2)C1. The number of aromatic nitrogens is 2. The van der Waals surface area contributed by atoms with Crippen LogP contribution in [0.2, 0.25) is 0 Å². The third-order valence-electron chi connectivity index (χ3n) is 2.85. The Morgan fingerprint density at radius 2 is 2.53 bits per heavy atom. The van der Waals surface area contributed by atoms with Gasteiger partial charge in [0.15, 0.2) is 0 Å². The molecule has 0 aromatic carbocycles. The molecule has 1 aromatic heterocycles. The first-order chi connectivity index (χ1) is 7.29. The van der Waals surface area contributed by atoms with Crippen molar-refractivity contribution in [3.63, 3.8) is 0 Å². The van der Waals surface area contributed by atoms with Crippen molar-refractivity contribution in [2.24, 2.45) is 11.7 Å². The van der Waals surface area contributed by atoms with Gasteiger partial charge in [-0.2, -0.15) is 5.10 Å². The zero-order valence-electron chi connectivity index (χ0n) is 8.65. The van der Waals surface area contributed by atoms with E-state index in [1.54, 1.807) is 6.20 Å². The third-order valence-corrected chi connectivity index (χ3v) is 2.85. The van der Waals surface area contributed by atoms with Crippen molar-refractivity contribution in [2.75, 3.05) is 19.6 Å². The molecule has 0 bridgehead atoms. The number of nitrogens with two attached hydrogens (primary N) is 1. The Kier molecular flexibility index (Phi) is 3.01. The van der Waals surface area contributed by atoms with Gasteiger partial charge in [-0.25, -0.2) is 0 Å². The molecule has 82 valence electrons. The van der Waals surface area contributed by atoms with Crippen LogP contribution in [-0.4, -0.2) is 40.6 Å². The van der Waals surface area contributed by atoms with Crippen molar-refractivity contribution in [3.05, 3.63) is 18.0 Å². The molecule has 1 aliphatic heterocycles. The average Bonchev–Trinajstić information content (AvgIpc) is 2.84. The van der Waals surface area contributed by atoms with E-state index in [1.165, 1.54) is 0 Å². The highest BCUT2D eigenvalue weighted by Gasteiger charge is 2.27. The first-order valence-corrected chi connectivity index (χ1v) is 5.25. The summed E-state index contributed by atoms with van der Waals surface area (Å²) in [5.41, 5.74) is 6.69. The number of likely N-dealkylation sites (tertiary alicyclic amines) is 1. The molecule has 5 heteroatoms. The lowest BCUT2D eigenvalue weighted by Gasteiger charge is -2.15. The number of nitrogens with zero attached hydrogens (tertiary/aromatic N) is 2. The number of amides is 1. The zero-order chi connectivity index (χ0) is 10.7. The molecule has 3 N–H and O–H groups in total. The van der Waals surface area contributed by atoms with Crippen LogP contribution in [0, 0.1) is 5.92 Å². The van der Waals surface area contributed by atoms with Gasteiger partial charge in [0, 0.05) is 25.7 Å². The first kappa shape index (κ1) is 10.2. The van der Waals surface area contributed by atoms with Crippen LogP contribution in [0.1, 0.15) is 12.0 Å². The predicted octanol–water partition coefficient (Wildman–Crippen LogP) is -0.241. The number of nitrogens with one attached hydrogen (secondary N) is 1. The summed E-state index contributed by atoms with van der Waals surface area (Å²) in [5.74, 6) is 0.579. The minimum atomic E-state index is 0.231. The lowest BCUT2D eigenvalue weighted by Crippen LogP contribution is -2.28. The van der Waals surface area contributed by atoms with E-state index in [9.17, 15) is 4.79 Å². The molecule has 2 rings (SSSR count). The number of carbonyl (C=O) groups excluding carboxylic acids is 1. The zero-order valence-corrected chi connectivity index (χ0v) is 8.65. The second-order valence-corrected chi connectivity index (χ2v) is 4.00. The van der Waals surface area contributed by atoms with Crippen LogP contribution in [0.25, 0.3) is 0 Å². The summed E-state index contributed by atoms with van der Waals surface area (Å²) in [7, 11) is 0. The number of aromatic amines is 1. The molecule has 2 heterocycles. The van der Waals surface area contributed by atoms with Gasteiger partial charge < -0.3 is 10.6 Å². The molecule has 1 fully saturated rings. The Morgan fingerprint density at radius 3 is 3.13 bits per heavy atom. The quantitative estimate of drug-likeness (QED) is 0.717. The summed E-state index contributed by atoms with van der Waals surface area (Å²) in [5, 5.41) is 6.63. The summed E-state index contributed by atoms with van der Waals surface area (Å²) in [6.45, 7) is 2.19. The minimum absolute atomic E-state index is 0.231. The number of hydrogen-bond acceptors (Lipinski definition) is 3. The normalized spacial score (nSPS) is 21.3. The van der Waals surface area contributed by atoms with E-state index in [1.807, 2.05) is 11.1 Å². The van der Waals surface area contributed by atoms with Gasteiger partial charge in [-0.1, -0.05) is 0 Å². The van der Waals surface area contributed by atoms with Crippen molar-refractivity contribution in [1.82, 2.24) is 15.1 Å². The Morgan fingerprint density at radius 1 is 1.67 bits per heavy atom. The van der Waals surface area contributed by atoms with Gasteiger partial charge in [0.25, 0.3) is 0 Å². The summed E-state index contributed by atoms with van der Waals surface area (Å²) in [4.78, 5) is 13.4. The van der Waals surface area contributed by atoms with Crippen molar-refractivity contribution in [3.8, 4) is 0 Å². The molecule has 1 atom stereocenters. The Labute approximate surface area is 88.6 Å². The molecule has 1 aromatic rings. The summed E-state index contributed by atoms with van der Waals surface area (Å²) in [6.07, 6.45) is 5.13. The fourth-order valence-electron chi connectivity index (χ4n) is 1.91. The second kappa shape index (κ2) is 4.44. The van der Waals surface area contributed by atoms with Crippen LogP contribution in [0.15, 0.2) is 12.4 Å². The largest absolute Gasteiger partial charge is 0.342 e. The number of rotatable bonds is 4. The Bertz CT molecular complexity index is 322. The van der Waals surface area contributed by atoms with E-state index in [0.717, 1.165) is 25.1 Å². The fourth-order valence-corrected chi connectivity index (χ4v) is 1.91. The number of H-pyrrole nitrogens is 1. The Hall–Kier alpha value is -1.36. The maximum absolute atomic E-state index is 11.6. The highest BCUT2D eigenvalue weighted by Crippen LogP contribution is 2.16. The second-order valence-electron chi connectivity index (χ2n) is 4.00. The van der Waals surface area contributed by atoms with Gasteiger partial charge >= 0.3 is 0 Å². The van der Waals surface area contributed by atoms with Crippen LogP contribution in [0.3, 0.4) is 0 Å². The van der Waals surface area contributed by atoms with E-state index in [0.29, 0.717) is 18.9 Å². The van der Waals surface area contributed by atoms with Gasteiger partial charge in [0.2, 0.25) is 5.91 Å². The average molecular weight is 208 g/mol. The Balaban J connectivity index is 1.83. The highest BCUT2D eigenvalue weighted by atomic mass is 16.2. The van der Waals surface area contributed by atoms with Crippen molar-refractivity contribution >= 4 is 5.91 Å². The molecule has 5 nitrogen and oxygen atoms in total. The van der Waals surface area contributed by atoms with E-state index >= 15 is 0 Å².